The van der Waals surface area contributed by atoms with Crippen LogP contribution in [0.25, 0.3) is 0 Å². The molecule has 0 aromatic rings. The highest BCUT2D eigenvalue weighted by molar-refractivity contribution is 5.76. The van der Waals surface area contributed by atoms with Crippen molar-refractivity contribution in [1.29, 1.82) is 0 Å². The Balaban J connectivity index is 3.31. The molecule has 0 spiro atoms. The van der Waals surface area contributed by atoms with E-state index in [0.29, 0.717) is 25.9 Å². The van der Waals surface area contributed by atoms with Crippen LogP contribution in [0.2, 0.25) is 0 Å². The van der Waals surface area contributed by atoms with E-state index in [-0.39, 0.29) is 18.5 Å². The second-order valence-corrected chi connectivity index (χ2v) is 22.5. The Labute approximate surface area is 450 Å². The quantitative estimate of drug-likeness (QED) is 0.0320. The second kappa shape index (κ2) is 61.9. The van der Waals surface area contributed by atoms with Gasteiger partial charge in [-0.1, -0.05) is 314 Å². The number of rotatable bonds is 61. The molecule has 0 aromatic heterocycles. The molecule has 0 aliphatic rings. The van der Waals surface area contributed by atoms with Gasteiger partial charge in [-0.2, -0.15) is 0 Å². The summed E-state index contributed by atoms with van der Waals surface area (Å²) in [5.74, 6) is -0.0208. The first-order valence-corrected chi connectivity index (χ1v) is 32.6. The molecule has 0 bridgehead atoms. The lowest BCUT2D eigenvalue weighted by Gasteiger charge is -2.22. The number of allylic oxidation sites excluding steroid dienone is 4. The van der Waals surface area contributed by atoms with E-state index in [9.17, 15) is 19.8 Å². The van der Waals surface area contributed by atoms with Gasteiger partial charge in [0.1, 0.15) is 0 Å². The first kappa shape index (κ1) is 70.3. The number of hydrogen-bond donors (Lipinski definition) is 3. The molecule has 0 heterocycles. The van der Waals surface area contributed by atoms with Crippen molar-refractivity contribution in [3.8, 4) is 0 Å². The second-order valence-electron chi connectivity index (χ2n) is 22.5. The lowest BCUT2D eigenvalue weighted by atomic mass is 10.0. The average Bonchev–Trinajstić information content (AvgIpc) is 3.38. The molecular weight excluding hydrogens is 887 g/mol. The maximum atomic E-state index is 12.4. The molecule has 2 unspecified atom stereocenters. The van der Waals surface area contributed by atoms with Gasteiger partial charge in [0.15, 0.2) is 0 Å². The Bertz CT molecular complexity index is 1120. The van der Waals surface area contributed by atoms with E-state index in [1.54, 1.807) is 0 Å². The molecule has 1 amide bonds. The summed E-state index contributed by atoms with van der Waals surface area (Å²) in [4.78, 5) is 24.5. The first-order chi connectivity index (χ1) is 35.5. The molecule has 0 aliphatic heterocycles. The number of aliphatic hydroxyl groups excluding tert-OH is 2. The van der Waals surface area contributed by atoms with Crippen molar-refractivity contribution in [2.75, 3.05) is 13.2 Å². The number of hydrogen-bond acceptors (Lipinski definition) is 5. The molecular formula is C66H127NO5. The third kappa shape index (κ3) is 57.6. The van der Waals surface area contributed by atoms with Gasteiger partial charge in [-0.3, -0.25) is 9.59 Å². The molecule has 0 aliphatic carbocycles. The fraction of sp³-hybridized carbons (Fsp3) is 0.909. The third-order valence-corrected chi connectivity index (χ3v) is 15.3. The largest absolute Gasteiger partial charge is 0.466 e. The van der Waals surface area contributed by atoms with Gasteiger partial charge >= 0.3 is 5.97 Å². The Morgan fingerprint density at radius 3 is 1.08 bits per heavy atom. The van der Waals surface area contributed by atoms with Gasteiger partial charge in [0.05, 0.1) is 25.4 Å². The molecule has 3 N–H and O–H groups in total. The van der Waals surface area contributed by atoms with Crippen LogP contribution >= 0.6 is 0 Å². The van der Waals surface area contributed by atoms with Gasteiger partial charge in [-0.05, 0) is 57.8 Å². The van der Waals surface area contributed by atoms with Crippen LogP contribution in [0.3, 0.4) is 0 Å². The van der Waals surface area contributed by atoms with E-state index in [1.165, 1.54) is 276 Å². The monoisotopic (exact) mass is 1010 g/mol. The van der Waals surface area contributed by atoms with Crippen molar-refractivity contribution in [3.63, 3.8) is 0 Å². The average molecular weight is 1010 g/mol. The van der Waals surface area contributed by atoms with E-state index in [1.807, 2.05) is 0 Å². The number of aliphatic hydroxyl groups is 2. The minimum atomic E-state index is -0.660. The van der Waals surface area contributed by atoms with Crippen LogP contribution in [0.1, 0.15) is 361 Å². The van der Waals surface area contributed by atoms with Crippen LogP contribution in [-0.4, -0.2) is 47.4 Å². The molecule has 6 nitrogen and oxygen atoms in total. The summed E-state index contributed by atoms with van der Waals surface area (Å²) in [6.07, 6.45) is 76.4. The number of unbranched alkanes of at least 4 members (excludes halogenated alkanes) is 46. The van der Waals surface area contributed by atoms with Gasteiger partial charge in [0.2, 0.25) is 5.91 Å². The van der Waals surface area contributed by atoms with Crippen LogP contribution < -0.4 is 5.32 Å². The normalized spacial score (nSPS) is 12.7. The standard InChI is InChI=1S/C66H127NO5/c1-3-5-7-9-11-13-15-16-17-30-34-37-40-44-48-52-56-60-66(71)72-61-57-53-49-45-41-38-35-32-29-27-25-23-21-19-18-20-22-24-26-28-31-33-36-39-43-47-51-55-59-65(70)67-63(62-68)64(69)58-54-50-46-42-14-12-10-8-6-4-2/h11,13,16-17,63-64,68-69H,3-10,12,14-15,18-62H2,1-2H3,(H,67,70)/b13-11-,17-16-. The summed E-state index contributed by atoms with van der Waals surface area (Å²) in [7, 11) is 0. The highest BCUT2D eigenvalue weighted by atomic mass is 16.5. The predicted molar refractivity (Wildman–Crippen MR) is 315 cm³/mol. The molecule has 2 atom stereocenters. The SMILES string of the molecule is CCCCC/C=C\C/C=C\CCCCCCCCCC(=O)OCCCCCCCCCCCCCCCCCCCCCCCCCCCCCCC(=O)NC(CO)C(O)CCCCCCCCCCCC. The molecule has 426 valence electrons. The highest BCUT2D eigenvalue weighted by Gasteiger charge is 2.20. The molecule has 0 rings (SSSR count). The van der Waals surface area contributed by atoms with Crippen molar-refractivity contribution in [2.45, 2.75) is 373 Å². The van der Waals surface area contributed by atoms with E-state index < -0.39 is 12.1 Å². The van der Waals surface area contributed by atoms with Crippen LogP contribution in [0.4, 0.5) is 0 Å². The molecule has 0 fully saturated rings. The number of amides is 1. The van der Waals surface area contributed by atoms with Gasteiger partial charge in [-0.25, -0.2) is 0 Å². The molecule has 6 heteroatoms. The Hall–Kier alpha value is -1.66. The fourth-order valence-corrected chi connectivity index (χ4v) is 10.3. The summed E-state index contributed by atoms with van der Waals surface area (Å²) < 4.78 is 5.50. The zero-order valence-corrected chi connectivity index (χ0v) is 48.7. The summed E-state index contributed by atoms with van der Waals surface area (Å²) in [6, 6.07) is -0.537. The molecule has 0 aromatic carbocycles. The molecule has 0 saturated heterocycles. The maximum absolute atomic E-state index is 12.4. The van der Waals surface area contributed by atoms with Crippen molar-refractivity contribution < 1.29 is 24.5 Å². The zero-order valence-electron chi connectivity index (χ0n) is 48.7. The Morgan fingerprint density at radius 2 is 0.694 bits per heavy atom. The van der Waals surface area contributed by atoms with Crippen molar-refractivity contribution in [3.05, 3.63) is 24.3 Å². The van der Waals surface area contributed by atoms with Crippen molar-refractivity contribution >= 4 is 11.9 Å². The zero-order chi connectivity index (χ0) is 52.2. The number of ether oxygens (including phenoxy) is 1. The van der Waals surface area contributed by atoms with Gasteiger partial charge in [0, 0.05) is 12.8 Å². The van der Waals surface area contributed by atoms with E-state index in [4.69, 9.17) is 4.74 Å². The first-order valence-electron chi connectivity index (χ1n) is 32.6. The Kier molecular flexibility index (Phi) is 60.5. The van der Waals surface area contributed by atoms with Crippen LogP contribution in [0, 0.1) is 0 Å². The number of carbonyl (C=O) groups is 2. The molecule has 0 saturated carbocycles. The topological polar surface area (TPSA) is 95.9 Å². The summed E-state index contributed by atoms with van der Waals surface area (Å²) >= 11 is 0. The minimum Gasteiger partial charge on any atom is -0.466 e. The number of carbonyl (C=O) groups excluding carboxylic acids is 2. The lowest BCUT2D eigenvalue weighted by molar-refractivity contribution is -0.143. The van der Waals surface area contributed by atoms with Gasteiger partial charge < -0.3 is 20.3 Å². The molecule has 72 heavy (non-hydrogen) atoms. The van der Waals surface area contributed by atoms with Crippen LogP contribution in [0.5, 0.6) is 0 Å². The van der Waals surface area contributed by atoms with Crippen LogP contribution in [0.15, 0.2) is 24.3 Å². The van der Waals surface area contributed by atoms with Crippen molar-refractivity contribution in [2.24, 2.45) is 0 Å². The van der Waals surface area contributed by atoms with Crippen molar-refractivity contribution in [1.82, 2.24) is 5.32 Å². The molecule has 0 radical (unpaired) electrons. The predicted octanol–water partition coefficient (Wildman–Crippen LogP) is 20.6. The lowest BCUT2D eigenvalue weighted by Crippen LogP contribution is -2.45. The van der Waals surface area contributed by atoms with Gasteiger partial charge in [-0.15, -0.1) is 0 Å². The van der Waals surface area contributed by atoms with Gasteiger partial charge in [0.25, 0.3) is 0 Å². The smallest absolute Gasteiger partial charge is 0.305 e. The summed E-state index contributed by atoms with van der Waals surface area (Å²) in [5.41, 5.74) is 0. The summed E-state index contributed by atoms with van der Waals surface area (Å²) in [6.45, 7) is 4.93. The minimum absolute atomic E-state index is 0.0113. The highest BCUT2D eigenvalue weighted by Crippen LogP contribution is 2.18. The fourth-order valence-electron chi connectivity index (χ4n) is 10.3. The summed E-state index contributed by atoms with van der Waals surface area (Å²) in [5, 5.41) is 23.2. The number of nitrogens with one attached hydrogen (secondary N) is 1. The van der Waals surface area contributed by atoms with E-state index in [0.717, 1.165) is 51.4 Å². The van der Waals surface area contributed by atoms with E-state index >= 15 is 0 Å². The Morgan fingerprint density at radius 1 is 0.389 bits per heavy atom. The van der Waals surface area contributed by atoms with E-state index in [2.05, 4.69) is 43.5 Å². The van der Waals surface area contributed by atoms with Crippen LogP contribution in [-0.2, 0) is 14.3 Å². The third-order valence-electron chi connectivity index (χ3n) is 15.3. The maximum Gasteiger partial charge on any atom is 0.305 e. The number of esters is 1.